The van der Waals surface area contributed by atoms with Gasteiger partial charge in [-0.2, -0.15) is 0 Å². The largest absolute Gasteiger partial charge is 0.383 e. The molecule has 0 saturated carbocycles. The molecule has 0 amide bonds. The van der Waals surface area contributed by atoms with Gasteiger partial charge in [0.25, 0.3) is 0 Å². The fraction of sp³-hybridized carbons (Fsp3) is 0.800. The molecule has 1 aromatic heterocycles. The van der Waals surface area contributed by atoms with E-state index in [9.17, 15) is 0 Å². The van der Waals surface area contributed by atoms with Gasteiger partial charge in [0.05, 0.1) is 12.3 Å². The van der Waals surface area contributed by atoms with Crippen molar-refractivity contribution in [1.82, 2.24) is 15.2 Å². The molecular formula is C15H28N4OS. The molecule has 5 nitrogen and oxygen atoms in total. The Morgan fingerprint density at radius 2 is 2.10 bits per heavy atom. The molecule has 1 N–H and O–H groups in total. The minimum atomic E-state index is 0.720. The van der Waals surface area contributed by atoms with Gasteiger partial charge in [0.15, 0.2) is 5.13 Å². The van der Waals surface area contributed by atoms with E-state index in [0.29, 0.717) is 0 Å². The van der Waals surface area contributed by atoms with E-state index in [1.165, 1.54) is 22.9 Å². The highest BCUT2D eigenvalue weighted by Crippen LogP contribution is 2.28. The van der Waals surface area contributed by atoms with Gasteiger partial charge in [-0.3, -0.25) is 0 Å². The normalized spacial score (nSPS) is 16.9. The predicted molar refractivity (Wildman–Crippen MR) is 89.4 cm³/mol. The first-order valence-electron chi connectivity index (χ1n) is 7.69. The summed E-state index contributed by atoms with van der Waals surface area (Å²) in [6.45, 7) is 6.87. The summed E-state index contributed by atoms with van der Waals surface area (Å²) in [5.74, 6) is 0. The summed E-state index contributed by atoms with van der Waals surface area (Å²) in [6, 6.07) is 0.720. The highest BCUT2D eigenvalue weighted by molar-refractivity contribution is 7.15. The zero-order chi connectivity index (χ0) is 15.2. The van der Waals surface area contributed by atoms with E-state index in [0.717, 1.165) is 44.5 Å². The van der Waals surface area contributed by atoms with Crippen LogP contribution in [0, 0.1) is 6.92 Å². The number of aryl methyl sites for hydroxylation is 1. The summed E-state index contributed by atoms with van der Waals surface area (Å²) in [4.78, 5) is 10.9. The number of ether oxygens (including phenoxy) is 1. The van der Waals surface area contributed by atoms with Crippen molar-refractivity contribution >= 4 is 16.5 Å². The van der Waals surface area contributed by atoms with E-state index in [2.05, 4.69) is 36.1 Å². The molecule has 0 radical (unpaired) electrons. The molecule has 2 rings (SSSR count). The van der Waals surface area contributed by atoms with Crippen molar-refractivity contribution in [1.29, 1.82) is 0 Å². The van der Waals surface area contributed by atoms with Crippen LogP contribution in [0.1, 0.15) is 23.4 Å². The number of methoxy groups -OCH3 is 1. The Kier molecular flexibility index (Phi) is 6.41. The first-order chi connectivity index (χ1) is 10.1. The molecule has 1 saturated heterocycles. The minimum Gasteiger partial charge on any atom is -0.383 e. The quantitative estimate of drug-likeness (QED) is 0.776. The lowest BCUT2D eigenvalue weighted by molar-refractivity contribution is 0.199. The van der Waals surface area contributed by atoms with Gasteiger partial charge in [-0.05, 0) is 33.9 Å². The van der Waals surface area contributed by atoms with Crippen LogP contribution in [0.15, 0.2) is 0 Å². The number of nitrogens with one attached hydrogen (secondary N) is 1. The van der Waals surface area contributed by atoms with Crippen LogP contribution in [0.4, 0.5) is 5.13 Å². The number of hydrogen-bond acceptors (Lipinski definition) is 6. The predicted octanol–water partition coefficient (Wildman–Crippen LogP) is 1.72. The Bertz CT molecular complexity index is 427. The highest BCUT2D eigenvalue weighted by atomic mass is 32.1. The van der Waals surface area contributed by atoms with Gasteiger partial charge in [0.2, 0.25) is 0 Å². The highest BCUT2D eigenvalue weighted by Gasteiger charge is 2.23. The third-order valence-corrected chi connectivity index (χ3v) is 5.33. The number of piperidine rings is 1. The van der Waals surface area contributed by atoms with E-state index in [4.69, 9.17) is 9.72 Å². The summed E-state index contributed by atoms with van der Waals surface area (Å²) in [5, 5.41) is 4.59. The number of hydrogen-bond donors (Lipinski definition) is 1. The number of anilines is 1. The van der Waals surface area contributed by atoms with Crippen LogP contribution >= 0.6 is 11.3 Å². The third kappa shape index (κ3) is 4.64. The zero-order valence-corrected chi connectivity index (χ0v) is 14.5. The standard InChI is InChI=1S/C15H28N4OS/c1-12-14(11-16-7-10-20-4)21-15(17-12)19-8-5-13(6-9-19)18(2)3/h13,16H,5-11H2,1-4H3. The van der Waals surface area contributed by atoms with Crippen LogP contribution in [0.5, 0.6) is 0 Å². The summed E-state index contributed by atoms with van der Waals surface area (Å²) in [5.41, 5.74) is 1.16. The topological polar surface area (TPSA) is 40.6 Å². The fourth-order valence-electron chi connectivity index (χ4n) is 2.66. The Morgan fingerprint density at radius 1 is 1.38 bits per heavy atom. The molecular weight excluding hydrogens is 284 g/mol. The summed E-state index contributed by atoms with van der Waals surface area (Å²) >= 11 is 1.83. The van der Waals surface area contributed by atoms with Gasteiger partial charge in [-0.1, -0.05) is 0 Å². The smallest absolute Gasteiger partial charge is 0.185 e. The van der Waals surface area contributed by atoms with Crippen LogP contribution in [0.25, 0.3) is 0 Å². The van der Waals surface area contributed by atoms with Gasteiger partial charge >= 0.3 is 0 Å². The molecule has 0 unspecified atom stereocenters. The molecule has 2 heterocycles. The molecule has 1 aromatic rings. The minimum absolute atomic E-state index is 0.720. The lowest BCUT2D eigenvalue weighted by atomic mass is 10.0. The van der Waals surface area contributed by atoms with E-state index in [1.807, 2.05) is 11.3 Å². The van der Waals surface area contributed by atoms with Crippen LogP contribution in [0.2, 0.25) is 0 Å². The van der Waals surface area contributed by atoms with Gasteiger partial charge in [-0.15, -0.1) is 11.3 Å². The van der Waals surface area contributed by atoms with Crippen molar-refractivity contribution < 1.29 is 4.74 Å². The van der Waals surface area contributed by atoms with Gasteiger partial charge in [0, 0.05) is 44.2 Å². The third-order valence-electron chi connectivity index (χ3n) is 4.12. The van der Waals surface area contributed by atoms with Crippen molar-refractivity contribution in [3.8, 4) is 0 Å². The van der Waals surface area contributed by atoms with E-state index in [-0.39, 0.29) is 0 Å². The van der Waals surface area contributed by atoms with Crippen molar-refractivity contribution in [3.63, 3.8) is 0 Å². The van der Waals surface area contributed by atoms with Crippen LogP contribution in [-0.4, -0.2) is 63.4 Å². The molecule has 1 fully saturated rings. The summed E-state index contributed by atoms with van der Waals surface area (Å²) in [6.07, 6.45) is 2.46. The molecule has 1 aliphatic heterocycles. The van der Waals surface area contributed by atoms with Crippen molar-refractivity contribution in [2.24, 2.45) is 0 Å². The van der Waals surface area contributed by atoms with E-state index < -0.39 is 0 Å². The summed E-state index contributed by atoms with van der Waals surface area (Å²) < 4.78 is 5.05. The maximum Gasteiger partial charge on any atom is 0.185 e. The maximum absolute atomic E-state index is 5.05. The number of rotatable bonds is 7. The van der Waals surface area contributed by atoms with Crippen molar-refractivity contribution in [2.75, 3.05) is 52.3 Å². The number of aromatic nitrogens is 1. The average Bonchev–Trinajstić information content (AvgIpc) is 2.85. The lowest BCUT2D eigenvalue weighted by Gasteiger charge is -2.35. The van der Waals surface area contributed by atoms with Crippen molar-refractivity contribution in [3.05, 3.63) is 10.6 Å². The zero-order valence-electron chi connectivity index (χ0n) is 13.7. The second-order valence-corrected chi connectivity index (χ2v) is 6.92. The first kappa shape index (κ1) is 16.7. The molecule has 21 heavy (non-hydrogen) atoms. The monoisotopic (exact) mass is 312 g/mol. The van der Waals surface area contributed by atoms with Crippen LogP contribution in [0.3, 0.4) is 0 Å². The van der Waals surface area contributed by atoms with Gasteiger partial charge < -0.3 is 19.9 Å². The Balaban J connectivity index is 1.87. The van der Waals surface area contributed by atoms with E-state index in [1.54, 1.807) is 7.11 Å². The molecule has 0 atom stereocenters. The van der Waals surface area contributed by atoms with Gasteiger partial charge in [-0.25, -0.2) is 4.98 Å². The number of nitrogens with zero attached hydrogens (tertiary/aromatic N) is 3. The molecule has 120 valence electrons. The first-order valence-corrected chi connectivity index (χ1v) is 8.50. The van der Waals surface area contributed by atoms with Crippen molar-refractivity contribution in [2.45, 2.75) is 32.4 Å². The summed E-state index contributed by atoms with van der Waals surface area (Å²) in [7, 11) is 6.09. The number of thiazole rings is 1. The Morgan fingerprint density at radius 3 is 2.71 bits per heavy atom. The fourth-order valence-corrected chi connectivity index (χ4v) is 3.74. The molecule has 0 spiro atoms. The van der Waals surface area contributed by atoms with Gasteiger partial charge in [0.1, 0.15) is 0 Å². The second-order valence-electron chi connectivity index (χ2n) is 5.86. The Labute approximate surface area is 132 Å². The molecule has 0 bridgehead atoms. The average molecular weight is 312 g/mol. The maximum atomic E-state index is 5.05. The molecule has 1 aliphatic rings. The molecule has 0 aromatic carbocycles. The lowest BCUT2D eigenvalue weighted by Crippen LogP contribution is -2.41. The van der Waals surface area contributed by atoms with Crippen LogP contribution < -0.4 is 10.2 Å². The SMILES string of the molecule is COCCNCc1sc(N2CCC(N(C)C)CC2)nc1C. The molecule has 0 aliphatic carbocycles. The molecule has 6 heteroatoms. The van der Waals surface area contributed by atoms with E-state index >= 15 is 0 Å². The Hall–Kier alpha value is -0.690. The second kappa shape index (κ2) is 8.08. The van der Waals surface area contributed by atoms with Crippen LogP contribution in [-0.2, 0) is 11.3 Å².